The molecule has 0 aliphatic carbocycles. The third kappa shape index (κ3) is 4.25. The summed E-state index contributed by atoms with van der Waals surface area (Å²) >= 11 is 0. The van der Waals surface area contributed by atoms with Gasteiger partial charge in [-0.1, -0.05) is 12.1 Å². The molecular formula is C19H19N5O6S. The molecule has 0 atom stereocenters. The molecule has 0 spiro atoms. The van der Waals surface area contributed by atoms with Crippen molar-refractivity contribution >= 4 is 43.6 Å². The van der Waals surface area contributed by atoms with Crippen molar-refractivity contribution in [1.82, 2.24) is 0 Å². The van der Waals surface area contributed by atoms with Crippen LogP contribution in [-0.2, 0) is 10.1 Å². The lowest BCUT2D eigenvalue weighted by Crippen LogP contribution is -1.99. The number of benzene rings is 3. The summed E-state index contributed by atoms with van der Waals surface area (Å²) in [6.45, 7) is 0. The Balaban J connectivity index is 2.26. The second-order valence-electron chi connectivity index (χ2n) is 6.19. The molecule has 0 aromatic heterocycles. The summed E-state index contributed by atoms with van der Waals surface area (Å²) in [6.07, 6.45) is 0. The Kier molecular flexibility index (Phi) is 6.04. The monoisotopic (exact) mass is 445 g/mol. The fourth-order valence-electron chi connectivity index (χ4n) is 2.95. The van der Waals surface area contributed by atoms with Gasteiger partial charge < -0.3 is 20.3 Å². The van der Waals surface area contributed by atoms with Crippen LogP contribution in [0.4, 0.5) is 22.7 Å². The third-order valence-corrected chi connectivity index (χ3v) is 5.20. The number of phenols is 1. The van der Waals surface area contributed by atoms with E-state index in [0.29, 0.717) is 16.8 Å². The average molecular weight is 445 g/mol. The molecule has 0 amide bonds. The van der Waals surface area contributed by atoms with Crippen LogP contribution >= 0.6 is 0 Å². The lowest BCUT2D eigenvalue weighted by molar-refractivity contribution is 0.405. The van der Waals surface area contributed by atoms with E-state index in [4.69, 9.17) is 15.2 Å². The number of anilines is 1. The molecule has 0 saturated heterocycles. The van der Waals surface area contributed by atoms with E-state index in [1.54, 1.807) is 6.07 Å². The molecule has 162 valence electrons. The topological polar surface area (TPSA) is 169 Å². The smallest absolute Gasteiger partial charge is 0.296 e. The predicted octanol–water partition coefficient (Wildman–Crippen LogP) is 4.52. The molecular weight excluding hydrogens is 426 g/mol. The van der Waals surface area contributed by atoms with Crippen LogP contribution in [0.5, 0.6) is 17.2 Å². The summed E-state index contributed by atoms with van der Waals surface area (Å²) in [4.78, 5) is -0.630. The van der Waals surface area contributed by atoms with E-state index in [1.165, 1.54) is 45.5 Å². The minimum atomic E-state index is -4.75. The largest absolute Gasteiger partial charge is 0.505 e. The zero-order chi connectivity index (χ0) is 22.8. The minimum Gasteiger partial charge on any atom is -0.505 e. The van der Waals surface area contributed by atoms with Crippen molar-refractivity contribution in [2.24, 2.45) is 20.5 Å². The molecule has 31 heavy (non-hydrogen) atoms. The first kappa shape index (κ1) is 21.9. The van der Waals surface area contributed by atoms with Gasteiger partial charge in [0.2, 0.25) is 0 Å². The SMILES string of the molecule is CN=Nc1cc(OC)c(N=Nc2c(S(=O)(=O)O)cc3cccc(N)c3c2O)cc1OC. The van der Waals surface area contributed by atoms with Crippen LogP contribution in [0.15, 0.2) is 61.8 Å². The van der Waals surface area contributed by atoms with Crippen molar-refractivity contribution in [3.8, 4) is 17.2 Å². The number of hydrogen-bond acceptors (Lipinski definition) is 10. The Bertz CT molecular complexity index is 1320. The van der Waals surface area contributed by atoms with Crippen molar-refractivity contribution < 1.29 is 27.6 Å². The van der Waals surface area contributed by atoms with E-state index in [1.807, 2.05) is 0 Å². The number of phenolic OH excluding ortho intramolecular Hbond substituents is 1. The van der Waals surface area contributed by atoms with Crippen LogP contribution in [0.3, 0.4) is 0 Å². The maximum absolute atomic E-state index is 11.9. The van der Waals surface area contributed by atoms with E-state index >= 15 is 0 Å². The number of nitrogen functional groups attached to an aromatic ring is 1. The summed E-state index contributed by atoms with van der Waals surface area (Å²) < 4.78 is 44.0. The van der Waals surface area contributed by atoms with Gasteiger partial charge in [0.1, 0.15) is 33.5 Å². The lowest BCUT2D eigenvalue weighted by atomic mass is 10.1. The van der Waals surface area contributed by atoms with Crippen LogP contribution in [0, 0.1) is 0 Å². The van der Waals surface area contributed by atoms with Gasteiger partial charge in [0, 0.05) is 30.3 Å². The fourth-order valence-corrected chi connectivity index (χ4v) is 3.61. The number of ether oxygens (including phenoxy) is 2. The molecule has 0 unspecified atom stereocenters. The van der Waals surface area contributed by atoms with Crippen LogP contribution < -0.4 is 15.2 Å². The predicted molar refractivity (Wildman–Crippen MR) is 114 cm³/mol. The number of methoxy groups -OCH3 is 2. The van der Waals surface area contributed by atoms with Crippen LogP contribution in [0.1, 0.15) is 0 Å². The first-order valence-electron chi connectivity index (χ1n) is 8.70. The zero-order valence-electron chi connectivity index (χ0n) is 16.8. The lowest BCUT2D eigenvalue weighted by Gasteiger charge is -2.11. The molecule has 11 nitrogen and oxygen atoms in total. The third-order valence-electron chi connectivity index (χ3n) is 4.33. The Morgan fingerprint density at radius 1 is 0.968 bits per heavy atom. The maximum atomic E-state index is 11.9. The highest BCUT2D eigenvalue weighted by Crippen LogP contribution is 2.45. The Morgan fingerprint density at radius 2 is 1.58 bits per heavy atom. The van der Waals surface area contributed by atoms with E-state index in [0.717, 1.165) is 6.07 Å². The van der Waals surface area contributed by atoms with Gasteiger partial charge in [-0.15, -0.1) is 10.2 Å². The van der Waals surface area contributed by atoms with Gasteiger partial charge in [-0.2, -0.15) is 18.6 Å². The second kappa shape index (κ2) is 8.53. The number of nitrogens with zero attached hydrogens (tertiary/aromatic N) is 4. The molecule has 0 aliphatic heterocycles. The number of fused-ring (bicyclic) bond motifs is 1. The minimum absolute atomic E-state index is 0.149. The van der Waals surface area contributed by atoms with Gasteiger partial charge in [-0.25, -0.2) is 0 Å². The number of aromatic hydroxyl groups is 1. The van der Waals surface area contributed by atoms with Gasteiger partial charge in [0.25, 0.3) is 10.1 Å². The van der Waals surface area contributed by atoms with Gasteiger partial charge >= 0.3 is 0 Å². The summed E-state index contributed by atoms with van der Waals surface area (Å²) in [5.74, 6) is -0.00297. The quantitative estimate of drug-likeness (QED) is 0.284. The summed E-state index contributed by atoms with van der Waals surface area (Å²) in [7, 11) is -0.438. The molecule has 0 radical (unpaired) electrons. The standard InChI is InChI=1S/C19H19N5O6S/c1-21-22-12-8-15(30-3)13(9-14(12)29-2)23-24-18-16(31(26,27)28)7-10-5-4-6-11(20)17(10)19(18)25/h4-9,25H,20H2,1-3H3,(H,26,27,28). The number of azo groups is 2. The van der Waals surface area contributed by atoms with Crippen LogP contribution in [0.2, 0.25) is 0 Å². The number of nitrogens with two attached hydrogens (primary N) is 1. The highest BCUT2D eigenvalue weighted by atomic mass is 32.2. The van der Waals surface area contributed by atoms with Crippen molar-refractivity contribution in [2.75, 3.05) is 27.0 Å². The maximum Gasteiger partial charge on any atom is 0.296 e. The van der Waals surface area contributed by atoms with E-state index in [9.17, 15) is 18.1 Å². The fraction of sp³-hybridized carbons (Fsp3) is 0.158. The average Bonchev–Trinajstić information content (AvgIpc) is 2.72. The first-order valence-corrected chi connectivity index (χ1v) is 10.1. The summed E-state index contributed by atoms with van der Waals surface area (Å²) in [5, 5.41) is 26.7. The zero-order valence-corrected chi connectivity index (χ0v) is 17.6. The van der Waals surface area contributed by atoms with Gasteiger partial charge in [0.05, 0.1) is 14.2 Å². The molecule has 3 rings (SSSR count). The second-order valence-corrected chi connectivity index (χ2v) is 7.58. The number of rotatable bonds is 6. The Morgan fingerprint density at radius 3 is 2.13 bits per heavy atom. The van der Waals surface area contributed by atoms with Gasteiger partial charge in [0.15, 0.2) is 5.75 Å². The van der Waals surface area contributed by atoms with Crippen molar-refractivity contribution in [3.05, 3.63) is 36.4 Å². The first-order chi connectivity index (χ1) is 14.7. The van der Waals surface area contributed by atoms with Crippen molar-refractivity contribution in [2.45, 2.75) is 4.90 Å². The van der Waals surface area contributed by atoms with Crippen molar-refractivity contribution in [1.29, 1.82) is 0 Å². The molecule has 3 aromatic carbocycles. The highest BCUT2D eigenvalue weighted by molar-refractivity contribution is 7.86. The summed E-state index contributed by atoms with van der Waals surface area (Å²) in [5.41, 5.74) is 6.16. The Hall–Kier alpha value is -3.77. The van der Waals surface area contributed by atoms with Gasteiger partial charge in [-0.3, -0.25) is 4.55 Å². The molecule has 0 saturated carbocycles. The molecule has 3 aromatic rings. The molecule has 0 fully saturated rings. The molecule has 0 bridgehead atoms. The normalized spacial score (nSPS) is 12.1. The number of hydrogen-bond donors (Lipinski definition) is 3. The highest BCUT2D eigenvalue weighted by Gasteiger charge is 2.23. The molecule has 0 heterocycles. The van der Waals surface area contributed by atoms with Crippen LogP contribution in [0.25, 0.3) is 10.8 Å². The van der Waals surface area contributed by atoms with E-state index in [-0.39, 0.29) is 22.5 Å². The van der Waals surface area contributed by atoms with E-state index < -0.39 is 26.5 Å². The van der Waals surface area contributed by atoms with Gasteiger partial charge in [-0.05, 0) is 17.5 Å². The molecule has 12 heteroatoms. The summed E-state index contributed by atoms with van der Waals surface area (Å²) in [6, 6.07) is 8.75. The van der Waals surface area contributed by atoms with Crippen molar-refractivity contribution in [3.63, 3.8) is 0 Å². The van der Waals surface area contributed by atoms with E-state index in [2.05, 4.69) is 20.5 Å². The Labute approximate surface area is 177 Å². The van der Waals surface area contributed by atoms with Crippen LogP contribution in [-0.4, -0.2) is 39.3 Å². The molecule has 4 N–H and O–H groups in total. The molecule has 0 aliphatic rings.